The van der Waals surface area contributed by atoms with Gasteiger partial charge in [-0.05, 0) is 30.2 Å². The lowest BCUT2D eigenvalue weighted by atomic mass is 9.80. The van der Waals surface area contributed by atoms with Crippen molar-refractivity contribution >= 4 is 5.69 Å². The molecule has 0 spiro atoms. The third-order valence-corrected chi connectivity index (χ3v) is 3.47. The summed E-state index contributed by atoms with van der Waals surface area (Å²) in [6, 6.07) is 3.98. The molecule has 0 bridgehead atoms. The smallest absolute Gasteiger partial charge is 0.384 e. The molecule has 0 aromatic heterocycles. The van der Waals surface area contributed by atoms with Gasteiger partial charge in [0.1, 0.15) is 0 Å². The van der Waals surface area contributed by atoms with Crippen molar-refractivity contribution in [1.29, 1.82) is 0 Å². The Morgan fingerprint density at radius 1 is 1.35 bits per heavy atom. The van der Waals surface area contributed by atoms with Crippen molar-refractivity contribution in [2.45, 2.75) is 38.3 Å². The number of nitrogens with one attached hydrogen (secondary N) is 1. The van der Waals surface area contributed by atoms with Gasteiger partial charge in [-0.3, -0.25) is 0 Å². The van der Waals surface area contributed by atoms with Gasteiger partial charge in [-0.1, -0.05) is 20.3 Å². The van der Waals surface area contributed by atoms with Crippen LogP contribution in [0.4, 0.5) is 18.9 Å². The molecule has 4 heteroatoms. The van der Waals surface area contributed by atoms with E-state index in [4.69, 9.17) is 0 Å². The van der Waals surface area contributed by atoms with Gasteiger partial charge < -0.3 is 5.32 Å². The lowest BCUT2D eigenvalue weighted by Crippen LogP contribution is -2.24. The highest BCUT2D eigenvalue weighted by molar-refractivity contribution is 5.61. The van der Waals surface area contributed by atoms with Crippen LogP contribution in [0.2, 0.25) is 0 Å². The first-order chi connectivity index (χ1) is 7.87. The highest BCUT2D eigenvalue weighted by Gasteiger charge is 2.37. The number of benzene rings is 1. The first kappa shape index (κ1) is 12.3. The second kappa shape index (κ2) is 3.93. The predicted octanol–water partition coefficient (Wildman–Crippen LogP) is 4.19. The molecule has 1 aromatic carbocycles. The van der Waals surface area contributed by atoms with E-state index < -0.39 is 11.7 Å². The van der Waals surface area contributed by atoms with Gasteiger partial charge in [-0.15, -0.1) is 0 Å². The van der Waals surface area contributed by atoms with Gasteiger partial charge in [-0.2, -0.15) is 13.2 Å². The molecule has 0 fully saturated rings. The van der Waals surface area contributed by atoms with Crippen molar-refractivity contribution in [2.24, 2.45) is 0 Å². The molecule has 0 saturated carbocycles. The highest BCUT2D eigenvalue weighted by atomic mass is 19.4. The molecule has 1 aliphatic heterocycles. The Morgan fingerprint density at radius 3 is 2.65 bits per heavy atom. The van der Waals surface area contributed by atoms with E-state index in [0.717, 1.165) is 36.7 Å². The molecule has 94 valence electrons. The van der Waals surface area contributed by atoms with Crippen LogP contribution in [-0.4, -0.2) is 6.54 Å². The van der Waals surface area contributed by atoms with Gasteiger partial charge in [0, 0.05) is 17.6 Å². The maximum atomic E-state index is 12.7. The van der Waals surface area contributed by atoms with Crippen molar-refractivity contribution in [3.63, 3.8) is 0 Å². The van der Waals surface area contributed by atoms with Gasteiger partial charge >= 0.3 is 6.18 Å². The molecule has 1 aromatic rings. The molecule has 1 unspecified atom stereocenters. The second-order valence-corrected chi connectivity index (χ2v) is 4.92. The van der Waals surface area contributed by atoms with E-state index in [-0.39, 0.29) is 5.41 Å². The topological polar surface area (TPSA) is 12.0 Å². The van der Waals surface area contributed by atoms with Crippen LogP contribution >= 0.6 is 0 Å². The summed E-state index contributed by atoms with van der Waals surface area (Å²) in [5.41, 5.74) is 0.913. The van der Waals surface area contributed by atoms with Gasteiger partial charge in [0.2, 0.25) is 0 Å². The second-order valence-electron chi connectivity index (χ2n) is 4.92. The SMILES string of the molecule is CCCC1(C)CNc2ccc(C(F)(F)F)cc21. The van der Waals surface area contributed by atoms with Crippen LogP contribution in [0.15, 0.2) is 18.2 Å². The van der Waals surface area contributed by atoms with Crippen LogP contribution in [0, 0.1) is 0 Å². The Morgan fingerprint density at radius 2 is 2.06 bits per heavy atom. The summed E-state index contributed by atoms with van der Waals surface area (Å²) in [5, 5.41) is 3.19. The maximum Gasteiger partial charge on any atom is 0.416 e. The van der Waals surface area contributed by atoms with Crippen LogP contribution in [0.3, 0.4) is 0 Å². The Hall–Kier alpha value is -1.19. The van der Waals surface area contributed by atoms with E-state index in [1.807, 2.05) is 6.92 Å². The predicted molar refractivity (Wildman–Crippen MR) is 62.2 cm³/mol. The Labute approximate surface area is 99.0 Å². The van der Waals surface area contributed by atoms with E-state index in [1.165, 1.54) is 6.07 Å². The number of alkyl halides is 3. The number of hydrogen-bond acceptors (Lipinski definition) is 1. The molecular formula is C13H16F3N. The molecule has 1 N–H and O–H groups in total. The number of fused-ring (bicyclic) bond motifs is 1. The number of rotatable bonds is 2. The summed E-state index contributed by atoms with van der Waals surface area (Å²) in [7, 11) is 0. The van der Waals surface area contributed by atoms with Crippen LogP contribution in [0.5, 0.6) is 0 Å². The van der Waals surface area contributed by atoms with Crippen molar-refractivity contribution in [1.82, 2.24) is 0 Å². The summed E-state index contributed by atoms with van der Waals surface area (Å²) >= 11 is 0. The van der Waals surface area contributed by atoms with E-state index in [0.29, 0.717) is 0 Å². The third-order valence-electron chi connectivity index (χ3n) is 3.47. The maximum absolute atomic E-state index is 12.7. The molecule has 0 saturated heterocycles. The summed E-state index contributed by atoms with van der Waals surface area (Å²) in [5.74, 6) is 0. The van der Waals surface area contributed by atoms with E-state index in [2.05, 4.69) is 12.2 Å². The van der Waals surface area contributed by atoms with Crippen molar-refractivity contribution in [2.75, 3.05) is 11.9 Å². The monoisotopic (exact) mass is 243 g/mol. The van der Waals surface area contributed by atoms with Crippen LogP contribution in [0.1, 0.15) is 37.8 Å². The zero-order valence-electron chi connectivity index (χ0n) is 9.99. The minimum absolute atomic E-state index is 0.175. The average molecular weight is 243 g/mol. The fourth-order valence-corrected chi connectivity index (χ4v) is 2.53. The van der Waals surface area contributed by atoms with Crippen LogP contribution < -0.4 is 5.32 Å². The number of anilines is 1. The summed E-state index contributed by atoms with van der Waals surface area (Å²) in [4.78, 5) is 0. The minimum Gasteiger partial charge on any atom is -0.384 e. The summed E-state index contributed by atoms with van der Waals surface area (Å²) in [6.07, 6.45) is -2.40. The Balaban J connectivity index is 2.44. The molecule has 0 radical (unpaired) electrons. The first-order valence-corrected chi connectivity index (χ1v) is 5.82. The largest absolute Gasteiger partial charge is 0.416 e. The molecule has 17 heavy (non-hydrogen) atoms. The molecule has 0 aliphatic carbocycles. The Bertz CT molecular complexity index is 421. The molecule has 2 rings (SSSR count). The number of hydrogen-bond donors (Lipinski definition) is 1. The quantitative estimate of drug-likeness (QED) is 0.821. The average Bonchev–Trinajstić information content (AvgIpc) is 2.56. The lowest BCUT2D eigenvalue weighted by Gasteiger charge is -2.24. The number of halogens is 3. The van der Waals surface area contributed by atoms with Crippen molar-refractivity contribution in [3.05, 3.63) is 29.3 Å². The molecule has 1 aliphatic rings. The fraction of sp³-hybridized carbons (Fsp3) is 0.538. The van der Waals surface area contributed by atoms with Gasteiger partial charge in [0.05, 0.1) is 5.56 Å². The van der Waals surface area contributed by atoms with Crippen LogP contribution in [0.25, 0.3) is 0 Å². The molecular weight excluding hydrogens is 227 g/mol. The Kier molecular flexibility index (Phi) is 2.84. The minimum atomic E-state index is -4.26. The zero-order chi connectivity index (χ0) is 12.7. The zero-order valence-corrected chi connectivity index (χ0v) is 9.99. The van der Waals surface area contributed by atoms with Crippen molar-refractivity contribution < 1.29 is 13.2 Å². The standard InChI is InChI=1S/C13H16F3N/c1-3-6-12(2)8-17-11-5-4-9(7-10(11)12)13(14,15)16/h4-5,7,17H,3,6,8H2,1-2H3. The van der Waals surface area contributed by atoms with E-state index in [1.54, 1.807) is 6.07 Å². The summed E-state index contributed by atoms with van der Waals surface area (Å²) < 4.78 is 38.0. The van der Waals surface area contributed by atoms with Crippen LogP contribution in [-0.2, 0) is 11.6 Å². The van der Waals surface area contributed by atoms with Crippen molar-refractivity contribution in [3.8, 4) is 0 Å². The lowest BCUT2D eigenvalue weighted by molar-refractivity contribution is -0.137. The van der Waals surface area contributed by atoms with Gasteiger partial charge in [0.25, 0.3) is 0 Å². The normalized spacial score (nSPS) is 23.4. The molecule has 0 amide bonds. The highest BCUT2D eigenvalue weighted by Crippen LogP contribution is 2.42. The molecule has 1 nitrogen and oxygen atoms in total. The third kappa shape index (κ3) is 2.13. The molecule has 1 atom stereocenters. The first-order valence-electron chi connectivity index (χ1n) is 5.82. The van der Waals surface area contributed by atoms with E-state index in [9.17, 15) is 13.2 Å². The van der Waals surface area contributed by atoms with Gasteiger partial charge in [0.15, 0.2) is 0 Å². The fourth-order valence-electron chi connectivity index (χ4n) is 2.53. The van der Waals surface area contributed by atoms with E-state index >= 15 is 0 Å². The van der Waals surface area contributed by atoms with Gasteiger partial charge in [-0.25, -0.2) is 0 Å². The molecule has 1 heterocycles. The summed E-state index contributed by atoms with van der Waals surface area (Å²) in [6.45, 7) is 4.80.